The van der Waals surface area contributed by atoms with Crippen LogP contribution in [-0.2, 0) is 28.6 Å². The lowest BCUT2D eigenvalue weighted by Gasteiger charge is -2.18. The van der Waals surface area contributed by atoms with Gasteiger partial charge in [-0.05, 0) is 25.2 Å². The molecule has 0 rings (SSSR count). The molecule has 1 atom stereocenters. The zero-order valence-corrected chi connectivity index (χ0v) is 36.7. The van der Waals surface area contributed by atoms with Crippen molar-refractivity contribution in [3.63, 3.8) is 0 Å². The second-order valence-corrected chi connectivity index (χ2v) is 16.9. The maximum atomic E-state index is 12.7. The van der Waals surface area contributed by atoms with Crippen LogP contribution in [0.1, 0.15) is 265 Å². The molecule has 0 aromatic heterocycles. The van der Waals surface area contributed by atoms with E-state index in [1.807, 2.05) is 0 Å². The van der Waals surface area contributed by atoms with Gasteiger partial charge >= 0.3 is 17.9 Å². The SMILES string of the molecule is CCCCCCCCCCCCCCCCCCCC(=O)OC[C@H](COC(=O)CCCCCCCCCCC)OC(=O)CCCCCCCCCC(C)C. The second-order valence-electron chi connectivity index (χ2n) is 16.9. The van der Waals surface area contributed by atoms with Gasteiger partial charge in [-0.2, -0.15) is 0 Å². The zero-order chi connectivity index (χ0) is 39.6. The van der Waals surface area contributed by atoms with Gasteiger partial charge in [0.05, 0.1) is 0 Å². The van der Waals surface area contributed by atoms with Crippen LogP contribution in [-0.4, -0.2) is 37.2 Å². The van der Waals surface area contributed by atoms with Gasteiger partial charge in [-0.25, -0.2) is 0 Å². The Morgan fingerprint density at radius 3 is 0.907 bits per heavy atom. The number of carbonyl (C=O) groups is 3. The van der Waals surface area contributed by atoms with E-state index >= 15 is 0 Å². The minimum absolute atomic E-state index is 0.0643. The predicted molar refractivity (Wildman–Crippen MR) is 229 cm³/mol. The van der Waals surface area contributed by atoms with Crippen LogP contribution in [0, 0.1) is 5.92 Å². The summed E-state index contributed by atoms with van der Waals surface area (Å²) >= 11 is 0. The van der Waals surface area contributed by atoms with Crippen LogP contribution < -0.4 is 0 Å². The van der Waals surface area contributed by atoms with Gasteiger partial charge in [0.2, 0.25) is 0 Å². The van der Waals surface area contributed by atoms with Gasteiger partial charge in [-0.15, -0.1) is 0 Å². The average molecular weight is 765 g/mol. The first-order valence-corrected chi connectivity index (χ1v) is 23.9. The third kappa shape index (κ3) is 41.6. The van der Waals surface area contributed by atoms with E-state index in [-0.39, 0.29) is 31.1 Å². The van der Waals surface area contributed by atoms with Crippen LogP contribution in [0.15, 0.2) is 0 Å². The standard InChI is InChI=1S/C48H92O6/c1-5-7-9-11-13-15-16-17-18-19-20-21-22-24-28-32-36-40-47(50)53-43-45(42-52-46(49)39-35-31-27-23-14-12-10-8-6-2)54-48(51)41-37-33-29-25-26-30-34-38-44(3)4/h44-45H,5-43H2,1-4H3/t45-/m0/s1. The number of rotatable bonds is 43. The average Bonchev–Trinajstić information content (AvgIpc) is 3.15. The molecule has 0 heterocycles. The number of carbonyl (C=O) groups excluding carboxylic acids is 3. The lowest BCUT2D eigenvalue weighted by molar-refractivity contribution is -0.167. The van der Waals surface area contributed by atoms with Gasteiger partial charge < -0.3 is 14.2 Å². The molecule has 0 saturated heterocycles. The highest BCUT2D eigenvalue weighted by atomic mass is 16.6. The highest BCUT2D eigenvalue weighted by Gasteiger charge is 2.19. The molecule has 320 valence electrons. The summed E-state index contributed by atoms with van der Waals surface area (Å²) in [5, 5.41) is 0. The molecule has 0 aromatic rings. The predicted octanol–water partition coefficient (Wildman–Crippen LogP) is 15.1. The minimum atomic E-state index is -0.759. The molecule has 0 bridgehead atoms. The molecule has 0 spiro atoms. The van der Waals surface area contributed by atoms with Crippen molar-refractivity contribution in [2.45, 2.75) is 271 Å². The maximum Gasteiger partial charge on any atom is 0.306 e. The Balaban J connectivity index is 4.23. The molecule has 0 aliphatic rings. The summed E-state index contributed by atoms with van der Waals surface area (Å²) in [6.07, 6.45) is 42.4. The fourth-order valence-electron chi connectivity index (χ4n) is 7.16. The van der Waals surface area contributed by atoms with E-state index in [1.165, 1.54) is 161 Å². The fourth-order valence-corrected chi connectivity index (χ4v) is 7.16. The first-order valence-electron chi connectivity index (χ1n) is 23.9. The lowest BCUT2D eigenvalue weighted by atomic mass is 10.0. The van der Waals surface area contributed by atoms with Crippen molar-refractivity contribution >= 4 is 17.9 Å². The quantitative estimate of drug-likeness (QED) is 0.0349. The second kappa shape index (κ2) is 42.6. The van der Waals surface area contributed by atoms with Gasteiger partial charge in [-0.1, -0.05) is 227 Å². The third-order valence-electron chi connectivity index (χ3n) is 10.8. The van der Waals surface area contributed by atoms with Crippen molar-refractivity contribution in [3.05, 3.63) is 0 Å². The van der Waals surface area contributed by atoms with Crippen molar-refractivity contribution in [2.24, 2.45) is 5.92 Å². The van der Waals surface area contributed by atoms with Crippen molar-refractivity contribution in [2.75, 3.05) is 13.2 Å². The normalized spacial score (nSPS) is 11.9. The van der Waals surface area contributed by atoms with E-state index in [4.69, 9.17) is 14.2 Å². The van der Waals surface area contributed by atoms with Crippen LogP contribution in [0.25, 0.3) is 0 Å². The monoisotopic (exact) mass is 765 g/mol. The van der Waals surface area contributed by atoms with Gasteiger partial charge in [0.1, 0.15) is 13.2 Å². The van der Waals surface area contributed by atoms with E-state index in [0.717, 1.165) is 63.7 Å². The third-order valence-corrected chi connectivity index (χ3v) is 10.8. The molecule has 0 aliphatic carbocycles. The van der Waals surface area contributed by atoms with Gasteiger partial charge in [-0.3, -0.25) is 14.4 Å². The Bertz CT molecular complexity index is 811. The summed E-state index contributed by atoms with van der Waals surface area (Å²) in [7, 11) is 0. The molecule has 0 aromatic carbocycles. The smallest absolute Gasteiger partial charge is 0.306 e. The van der Waals surface area contributed by atoms with E-state index in [9.17, 15) is 14.4 Å². The van der Waals surface area contributed by atoms with E-state index in [1.54, 1.807) is 0 Å². The topological polar surface area (TPSA) is 78.9 Å². The van der Waals surface area contributed by atoms with Crippen LogP contribution in [0.4, 0.5) is 0 Å². The number of hydrogen-bond acceptors (Lipinski definition) is 6. The molecule has 0 radical (unpaired) electrons. The summed E-state index contributed by atoms with van der Waals surface area (Å²) in [5.41, 5.74) is 0. The maximum absolute atomic E-state index is 12.7. The summed E-state index contributed by atoms with van der Waals surface area (Å²) < 4.78 is 16.7. The molecule has 6 heteroatoms. The first kappa shape index (κ1) is 52.4. The van der Waals surface area contributed by atoms with Crippen LogP contribution in [0.5, 0.6) is 0 Å². The highest BCUT2D eigenvalue weighted by Crippen LogP contribution is 2.16. The Morgan fingerprint density at radius 2 is 0.611 bits per heavy atom. The van der Waals surface area contributed by atoms with Crippen molar-refractivity contribution in [1.29, 1.82) is 0 Å². The molecule has 0 aliphatic heterocycles. The van der Waals surface area contributed by atoms with Crippen molar-refractivity contribution < 1.29 is 28.6 Å². The van der Waals surface area contributed by atoms with Crippen LogP contribution in [0.2, 0.25) is 0 Å². The molecule has 6 nitrogen and oxygen atoms in total. The molecular weight excluding hydrogens is 673 g/mol. The molecule has 0 N–H and O–H groups in total. The Labute approximate surface area is 336 Å². The number of unbranched alkanes of at least 4 members (excludes halogenated alkanes) is 30. The Morgan fingerprint density at radius 1 is 0.352 bits per heavy atom. The molecule has 0 unspecified atom stereocenters. The highest BCUT2D eigenvalue weighted by molar-refractivity contribution is 5.71. The molecule has 0 amide bonds. The van der Waals surface area contributed by atoms with Gasteiger partial charge in [0.25, 0.3) is 0 Å². The Kier molecular flexibility index (Phi) is 41.3. The number of esters is 3. The summed E-state index contributed by atoms with van der Waals surface area (Å²) in [6.45, 7) is 8.94. The fraction of sp³-hybridized carbons (Fsp3) is 0.938. The largest absolute Gasteiger partial charge is 0.462 e. The van der Waals surface area contributed by atoms with Crippen LogP contribution >= 0.6 is 0 Å². The van der Waals surface area contributed by atoms with Gasteiger partial charge in [0.15, 0.2) is 6.10 Å². The van der Waals surface area contributed by atoms with E-state index in [2.05, 4.69) is 27.7 Å². The minimum Gasteiger partial charge on any atom is -0.462 e. The summed E-state index contributed by atoms with van der Waals surface area (Å²) in [5.74, 6) is -0.0788. The van der Waals surface area contributed by atoms with Crippen molar-refractivity contribution in [1.82, 2.24) is 0 Å². The van der Waals surface area contributed by atoms with Crippen molar-refractivity contribution in [3.8, 4) is 0 Å². The molecule has 54 heavy (non-hydrogen) atoms. The van der Waals surface area contributed by atoms with E-state index in [0.29, 0.717) is 19.3 Å². The first-order chi connectivity index (χ1) is 26.4. The van der Waals surface area contributed by atoms with Gasteiger partial charge in [0, 0.05) is 19.3 Å². The van der Waals surface area contributed by atoms with E-state index < -0.39 is 6.10 Å². The Hall–Kier alpha value is -1.59. The molecular formula is C48H92O6. The summed E-state index contributed by atoms with van der Waals surface area (Å²) in [4.78, 5) is 37.7. The molecule has 0 fully saturated rings. The molecule has 0 saturated carbocycles. The zero-order valence-electron chi connectivity index (χ0n) is 36.7. The lowest BCUT2D eigenvalue weighted by Crippen LogP contribution is -2.30. The van der Waals surface area contributed by atoms with Crippen LogP contribution in [0.3, 0.4) is 0 Å². The number of ether oxygens (including phenoxy) is 3. The summed E-state index contributed by atoms with van der Waals surface area (Å²) in [6, 6.07) is 0. The number of hydrogen-bond donors (Lipinski definition) is 0.